The molecule has 24 heavy (non-hydrogen) atoms. The van der Waals surface area contributed by atoms with Crippen LogP contribution in [0.15, 0.2) is 48.8 Å². The Morgan fingerprint density at radius 3 is 2.75 bits per heavy atom. The Balaban J connectivity index is 0.00000169. The molecule has 6 nitrogen and oxygen atoms in total. The van der Waals surface area contributed by atoms with Gasteiger partial charge in [0.25, 0.3) is 0 Å². The average molecular weight is 345 g/mol. The maximum absolute atomic E-state index is 6.17. The Kier molecular flexibility index (Phi) is 4.42. The first kappa shape index (κ1) is 16.3. The van der Waals surface area contributed by atoms with Crippen molar-refractivity contribution < 1.29 is 9.47 Å². The number of fused-ring (bicyclic) bond motifs is 3. The average Bonchev–Trinajstić information content (AvgIpc) is 3.05. The molecular formula is C17H17ClN4O2. The molecule has 0 bridgehead atoms. The van der Waals surface area contributed by atoms with Crippen LogP contribution in [0.3, 0.4) is 0 Å². The van der Waals surface area contributed by atoms with Crippen LogP contribution in [0.2, 0.25) is 0 Å². The Bertz CT molecular complexity index is 865. The van der Waals surface area contributed by atoms with Crippen LogP contribution in [0.1, 0.15) is 17.4 Å². The van der Waals surface area contributed by atoms with E-state index in [1.807, 2.05) is 47.0 Å². The topological polar surface area (TPSA) is 75.2 Å². The van der Waals surface area contributed by atoms with Crippen molar-refractivity contribution in [3.63, 3.8) is 0 Å². The van der Waals surface area contributed by atoms with E-state index >= 15 is 0 Å². The van der Waals surface area contributed by atoms with Crippen molar-refractivity contribution in [3.8, 4) is 22.9 Å². The summed E-state index contributed by atoms with van der Waals surface area (Å²) in [7, 11) is 1.64. The molecule has 4 rings (SSSR count). The fraction of sp³-hybridized carbons (Fsp3) is 0.176. The van der Waals surface area contributed by atoms with Crippen LogP contribution >= 0.6 is 12.4 Å². The molecule has 0 radical (unpaired) electrons. The maximum atomic E-state index is 6.17. The zero-order valence-electron chi connectivity index (χ0n) is 13.0. The molecule has 124 valence electrons. The summed E-state index contributed by atoms with van der Waals surface area (Å²) in [4.78, 5) is 0. The normalized spacial score (nSPS) is 15.0. The summed E-state index contributed by atoms with van der Waals surface area (Å²) in [5, 5.41) is 8.04. The van der Waals surface area contributed by atoms with E-state index in [2.05, 4.69) is 10.2 Å². The molecule has 1 atom stereocenters. The van der Waals surface area contributed by atoms with Gasteiger partial charge >= 0.3 is 0 Å². The Morgan fingerprint density at radius 2 is 1.92 bits per heavy atom. The smallest absolute Gasteiger partial charge is 0.154 e. The molecule has 2 N–H and O–H groups in total. The van der Waals surface area contributed by atoms with Crippen LogP contribution in [0, 0.1) is 0 Å². The van der Waals surface area contributed by atoms with Crippen molar-refractivity contribution in [2.24, 2.45) is 5.73 Å². The van der Waals surface area contributed by atoms with Gasteiger partial charge in [0.2, 0.25) is 0 Å². The van der Waals surface area contributed by atoms with Gasteiger partial charge in [-0.3, -0.25) is 4.57 Å². The van der Waals surface area contributed by atoms with E-state index in [0.29, 0.717) is 6.42 Å². The second-order valence-electron chi connectivity index (χ2n) is 5.44. The summed E-state index contributed by atoms with van der Waals surface area (Å²) in [5.41, 5.74) is 8.33. The number of halogens is 1. The van der Waals surface area contributed by atoms with Crippen LogP contribution in [-0.4, -0.2) is 21.9 Å². The van der Waals surface area contributed by atoms with Crippen LogP contribution < -0.4 is 15.2 Å². The van der Waals surface area contributed by atoms with Gasteiger partial charge in [0, 0.05) is 6.07 Å². The highest BCUT2D eigenvalue weighted by Gasteiger charge is 2.24. The molecule has 0 fully saturated rings. The summed E-state index contributed by atoms with van der Waals surface area (Å²) >= 11 is 0. The largest absolute Gasteiger partial charge is 0.497 e. The molecule has 3 aromatic rings. The quantitative estimate of drug-likeness (QED) is 0.790. The van der Waals surface area contributed by atoms with E-state index in [4.69, 9.17) is 15.2 Å². The van der Waals surface area contributed by atoms with E-state index in [9.17, 15) is 0 Å². The molecular weight excluding hydrogens is 328 g/mol. The van der Waals surface area contributed by atoms with Gasteiger partial charge < -0.3 is 15.2 Å². The van der Waals surface area contributed by atoms with Gasteiger partial charge in [0.1, 0.15) is 23.6 Å². The Hall–Kier alpha value is -2.57. The number of nitrogens with two attached hydrogens (primary N) is 1. The second kappa shape index (κ2) is 6.51. The molecule has 0 saturated carbocycles. The summed E-state index contributed by atoms with van der Waals surface area (Å²) in [6, 6.07) is 13.3. The van der Waals surface area contributed by atoms with Crippen LogP contribution in [0.5, 0.6) is 17.2 Å². The number of nitrogens with zero attached hydrogens (tertiary/aromatic N) is 3. The first-order valence-corrected chi connectivity index (χ1v) is 7.35. The van der Waals surface area contributed by atoms with E-state index in [0.717, 1.165) is 34.3 Å². The van der Waals surface area contributed by atoms with E-state index in [-0.39, 0.29) is 18.4 Å². The fourth-order valence-corrected chi connectivity index (χ4v) is 2.84. The Morgan fingerprint density at radius 1 is 1.12 bits per heavy atom. The molecule has 0 amide bonds. The lowest BCUT2D eigenvalue weighted by Gasteiger charge is -2.23. The molecule has 1 unspecified atom stereocenters. The maximum Gasteiger partial charge on any atom is 0.154 e. The summed E-state index contributed by atoms with van der Waals surface area (Å²) < 4.78 is 13.1. The molecule has 7 heteroatoms. The first-order valence-electron chi connectivity index (χ1n) is 7.35. The van der Waals surface area contributed by atoms with E-state index < -0.39 is 0 Å². The van der Waals surface area contributed by atoms with Crippen molar-refractivity contribution in [1.82, 2.24) is 14.8 Å². The highest BCUT2D eigenvalue weighted by Crippen LogP contribution is 2.33. The number of ether oxygens (including phenoxy) is 2. The van der Waals surface area contributed by atoms with Gasteiger partial charge in [-0.1, -0.05) is 6.07 Å². The first-order chi connectivity index (χ1) is 11.2. The van der Waals surface area contributed by atoms with Gasteiger partial charge in [-0.25, -0.2) is 0 Å². The molecule has 1 aliphatic heterocycles. The third kappa shape index (κ3) is 2.81. The minimum absolute atomic E-state index is 0. The van der Waals surface area contributed by atoms with Crippen molar-refractivity contribution in [2.45, 2.75) is 12.5 Å². The predicted molar refractivity (Wildman–Crippen MR) is 92.3 cm³/mol. The van der Waals surface area contributed by atoms with Gasteiger partial charge in [-0.15, -0.1) is 22.6 Å². The van der Waals surface area contributed by atoms with E-state index in [1.165, 1.54) is 0 Å². The van der Waals surface area contributed by atoms with Gasteiger partial charge in [0.15, 0.2) is 5.82 Å². The molecule has 1 aromatic heterocycles. The molecule has 0 spiro atoms. The number of aromatic nitrogens is 3. The third-order valence-electron chi connectivity index (χ3n) is 3.93. The van der Waals surface area contributed by atoms with Crippen molar-refractivity contribution in [1.29, 1.82) is 0 Å². The number of benzene rings is 2. The number of methoxy groups -OCH3 is 1. The number of hydrogen-bond donors (Lipinski definition) is 1. The second-order valence-corrected chi connectivity index (χ2v) is 5.44. The van der Waals surface area contributed by atoms with Crippen molar-refractivity contribution >= 4 is 12.4 Å². The number of hydrogen-bond acceptors (Lipinski definition) is 5. The van der Waals surface area contributed by atoms with Crippen molar-refractivity contribution in [2.75, 3.05) is 7.11 Å². The summed E-state index contributed by atoms with van der Waals surface area (Å²) in [6.45, 7) is 0. The lowest BCUT2D eigenvalue weighted by Crippen LogP contribution is -2.23. The van der Waals surface area contributed by atoms with Crippen LogP contribution in [0.25, 0.3) is 5.69 Å². The SMILES string of the molecule is COc1cccc(Oc2ccc3c(c2)CC(N)c2nncn2-3)c1.Cl. The zero-order chi connectivity index (χ0) is 15.8. The highest BCUT2D eigenvalue weighted by molar-refractivity contribution is 5.85. The van der Waals surface area contributed by atoms with Crippen LogP contribution in [-0.2, 0) is 6.42 Å². The van der Waals surface area contributed by atoms with Gasteiger partial charge in [-0.2, -0.15) is 0 Å². The summed E-state index contributed by atoms with van der Waals surface area (Å²) in [5.74, 6) is 3.05. The van der Waals surface area contributed by atoms with Crippen molar-refractivity contribution in [3.05, 3.63) is 60.2 Å². The molecule has 2 heterocycles. The predicted octanol–water partition coefficient (Wildman–Crippen LogP) is 3.05. The molecule has 0 aliphatic carbocycles. The van der Waals surface area contributed by atoms with Gasteiger partial charge in [0.05, 0.1) is 18.8 Å². The fourth-order valence-electron chi connectivity index (χ4n) is 2.84. The zero-order valence-corrected chi connectivity index (χ0v) is 13.9. The third-order valence-corrected chi connectivity index (χ3v) is 3.93. The lowest BCUT2D eigenvalue weighted by molar-refractivity contribution is 0.409. The number of rotatable bonds is 3. The Labute approximate surface area is 145 Å². The van der Waals surface area contributed by atoms with Crippen LogP contribution in [0.4, 0.5) is 0 Å². The minimum Gasteiger partial charge on any atom is -0.497 e. The van der Waals surface area contributed by atoms with Gasteiger partial charge in [-0.05, 0) is 42.3 Å². The molecule has 1 aliphatic rings. The van der Waals surface area contributed by atoms with E-state index in [1.54, 1.807) is 13.4 Å². The monoisotopic (exact) mass is 344 g/mol. The minimum atomic E-state index is -0.155. The molecule has 2 aromatic carbocycles. The standard InChI is InChI=1S/C17H16N4O2.ClH/c1-22-12-3-2-4-13(9-12)23-14-5-6-16-11(7-14)8-15(18)17-20-19-10-21(16)17;/h2-7,9-10,15H,8,18H2,1H3;1H. The summed E-state index contributed by atoms with van der Waals surface area (Å²) in [6.07, 6.45) is 2.40. The molecule has 0 saturated heterocycles. The highest BCUT2D eigenvalue weighted by atomic mass is 35.5. The lowest BCUT2D eigenvalue weighted by atomic mass is 9.99.